The highest BCUT2D eigenvalue weighted by Crippen LogP contribution is 2.40. The van der Waals surface area contributed by atoms with Crippen LogP contribution >= 0.6 is 0 Å². The molecule has 0 amide bonds. The number of rotatable bonds is 2. The first-order valence-corrected chi connectivity index (χ1v) is 10.9. The van der Waals surface area contributed by atoms with E-state index in [1.165, 1.54) is 10.9 Å². The zero-order valence-electron chi connectivity index (χ0n) is 19.1. The minimum atomic E-state index is 0.273. The van der Waals surface area contributed by atoms with Crippen LogP contribution in [-0.4, -0.2) is 44.8 Å². The van der Waals surface area contributed by atoms with Crippen LogP contribution in [-0.2, 0) is 0 Å². The molecule has 0 aromatic heterocycles. The van der Waals surface area contributed by atoms with E-state index in [1.807, 2.05) is 0 Å². The first kappa shape index (κ1) is 19.9. The molecule has 0 aliphatic carbocycles. The van der Waals surface area contributed by atoms with Crippen LogP contribution in [0.4, 0.5) is 0 Å². The van der Waals surface area contributed by atoms with E-state index in [1.54, 1.807) is 43.8 Å². The van der Waals surface area contributed by atoms with Gasteiger partial charge in [-0.05, 0) is 10.8 Å². The molecule has 28 heavy (non-hydrogen) atoms. The molecule has 0 unspecified atom stereocenters. The smallest absolute Gasteiger partial charge is 0.0956 e. The second-order valence-electron chi connectivity index (χ2n) is 11.3. The molecule has 0 saturated heterocycles. The van der Waals surface area contributed by atoms with Crippen LogP contribution in [0.2, 0.25) is 0 Å². The van der Waals surface area contributed by atoms with E-state index in [2.05, 4.69) is 81.5 Å². The standard InChI is InChI=1S/C22H30B6/c1-21(2,3)17-7-11(23)19(27-17)15-9-13-14(25-15)10-16(26-13)20-12(24)8-18(28-20)22(4,5)6/h7-10,25-28H,23-24H2,1-6H3. The van der Waals surface area contributed by atoms with Gasteiger partial charge in [-0.2, -0.15) is 0 Å². The zero-order valence-corrected chi connectivity index (χ0v) is 19.1. The SMILES string of the molecule is BC1=C(C2=CC3=C(B2)C=C(C2=C(B)C=C(C(C)(C)C)B2)B3)BC(C(C)(C)C)=C1. The lowest BCUT2D eigenvalue weighted by atomic mass is 9.48. The Labute approximate surface area is 176 Å². The summed E-state index contributed by atoms with van der Waals surface area (Å²) in [5, 5.41) is 0. The predicted molar refractivity (Wildman–Crippen MR) is 138 cm³/mol. The number of hydrogen-bond acceptors (Lipinski definition) is 0. The molecule has 0 fully saturated rings. The fourth-order valence-electron chi connectivity index (χ4n) is 4.99. The normalized spacial score (nSPS) is 21.6. The summed E-state index contributed by atoms with van der Waals surface area (Å²) in [6.45, 7) is 14.0. The third-order valence-corrected chi connectivity index (χ3v) is 7.04. The topological polar surface area (TPSA) is 0 Å². The Balaban J connectivity index is 1.45. The summed E-state index contributed by atoms with van der Waals surface area (Å²) in [6, 6.07) is 0. The highest BCUT2D eigenvalue weighted by Gasteiger charge is 2.32. The van der Waals surface area contributed by atoms with Gasteiger partial charge in [0, 0.05) is 0 Å². The lowest BCUT2D eigenvalue weighted by Crippen LogP contribution is -2.16. The molecule has 0 bridgehead atoms. The first-order chi connectivity index (χ1) is 12.9. The lowest BCUT2D eigenvalue weighted by molar-refractivity contribution is 0.529. The van der Waals surface area contributed by atoms with Crippen molar-refractivity contribution >= 4 is 44.8 Å². The summed E-state index contributed by atoms with van der Waals surface area (Å²) in [5.74, 6) is 0. The minimum absolute atomic E-state index is 0.273. The highest BCUT2D eigenvalue weighted by atomic mass is 14.2. The Morgan fingerprint density at radius 1 is 0.571 bits per heavy atom. The predicted octanol–water partition coefficient (Wildman–Crippen LogP) is 1.32. The first-order valence-electron chi connectivity index (χ1n) is 10.9. The highest BCUT2D eigenvalue weighted by molar-refractivity contribution is 6.75. The van der Waals surface area contributed by atoms with Crippen LogP contribution < -0.4 is 0 Å². The van der Waals surface area contributed by atoms with Crippen molar-refractivity contribution in [1.82, 2.24) is 0 Å². The summed E-state index contributed by atoms with van der Waals surface area (Å²) in [7, 11) is 9.13. The van der Waals surface area contributed by atoms with Gasteiger partial charge in [0.25, 0.3) is 0 Å². The summed E-state index contributed by atoms with van der Waals surface area (Å²) in [6.07, 6.45) is 9.90. The van der Waals surface area contributed by atoms with Gasteiger partial charge in [0.05, 0.1) is 0 Å². The third-order valence-electron chi connectivity index (χ3n) is 7.04. The van der Waals surface area contributed by atoms with E-state index in [4.69, 9.17) is 0 Å². The monoisotopic (exact) mass is 360 g/mol. The van der Waals surface area contributed by atoms with E-state index < -0.39 is 0 Å². The average Bonchev–Trinajstić information content (AvgIpc) is 3.26. The maximum absolute atomic E-state index is 2.51. The Kier molecular flexibility index (Phi) is 4.64. The molecule has 0 radical (unpaired) electrons. The number of allylic oxidation sites excluding steroid dienone is 14. The maximum atomic E-state index is 2.51. The molecule has 0 aromatic carbocycles. The molecular formula is C22H30B6. The van der Waals surface area contributed by atoms with Gasteiger partial charge in [-0.1, -0.05) is 121 Å². The van der Waals surface area contributed by atoms with Gasteiger partial charge in [-0.25, -0.2) is 0 Å². The Bertz CT molecular complexity index is 901. The fourth-order valence-corrected chi connectivity index (χ4v) is 4.99. The quantitative estimate of drug-likeness (QED) is 0.653. The molecule has 4 aliphatic rings. The molecule has 4 heterocycles. The van der Waals surface area contributed by atoms with Crippen LogP contribution in [0.5, 0.6) is 0 Å². The molecule has 6 heteroatoms. The molecule has 4 rings (SSSR count). The van der Waals surface area contributed by atoms with Crippen molar-refractivity contribution in [3.05, 3.63) is 79.0 Å². The van der Waals surface area contributed by atoms with Crippen molar-refractivity contribution in [2.45, 2.75) is 41.5 Å². The number of hydrogen-bond donors (Lipinski definition) is 0. The van der Waals surface area contributed by atoms with Crippen molar-refractivity contribution in [3.63, 3.8) is 0 Å². The van der Waals surface area contributed by atoms with Crippen molar-refractivity contribution in [2.75, 3.05) is 0 Å². The van der Waals surface area contributed by atoms with Gasteiger partial charge in [0.1, 0.15) is 15.7 Å². The molecule has 0 saturated carbocycles. The van der Waals surface area contributed by atoms with Gasteiger partial charge >= 0.3 is 0 Å². The third kappa shape index (κ3) is 3.49. The van der Waals surface area contributed by atoms with Gasteiger partial charge in [-0.3, -0.25) is 0 Å². The molecular weight excluding hydrogens is 329 g/mol. The molecule has 0 spiro atoms. The summed E-state index contributed by atoms with van der Waals surface area (Å²) in [4.78, 5) is 0. The largest absolute Gasteiger partial charge is 0.190 e. The van der Waals surface area contributed by atoms with Gasteiger partial charge < -0.3 is 0 Å². The van der Waals surface area contributed by atoms with Crippen LogP contribution in [0.15, 0.2) is 79.0 Å². The zero-order chi connectivity index (χ0) is 20.4. The summed E-state index contributed by atoms with van der Waals surface area (Å²) in [5.41, 5.74) is 16.1. The average molecular weight is 359 g/mol. The van der Waals surface area contributed by atoms with E-state index in [0.717, 1.165) is 29.1 Å². The van der Waals surface area contributed by atoms with Gasteiger partial charge in [0.2, 0.25) is 0 Å². The van der Waals surface area contributed by atoms with Crippen molar-refractivity contribution in [1.29, 1.82) is 0 Å². The molecule has 0 N–H and O–H groups in total. The second kappa shape index (κ2) is 6.54. The van der Waals surface area contributed by atoms with E-state index >= 15 is 0 Å². The van der Waals surface area contributed by atoms with Crippen LogP contribution in [0.3, 0.4) is 0 Å². The fraction of sp³-hybridized carbons (Fsp3) is 0.364. The summed E-state index contributed by atoms with van der Waals surface area (Å²) >= 11 is 0. The van der Waals surface area contributed by atoms with Crippen LogP contribution in [0, 0.1) is 10.8 Å². The van der Waals surface area contributed by atoms with E-state index in [0.29, 0.717) is 0 Å². The molecule has 0 aromatic rings. The van der Waals surface area contributed by atoms with E-state index in [-0.39, 0.29) is 10.8 Å². The Morgan fingerprint density at radius 2 is 0.929 bits per heavy atom. The van der Waals surface area contributed by atoms with Crippen LogP contribution in [0.25, 0.3) is 0 Å². The van der Waals surface area contributed by atoms with Gasteiger partial charge in [-0.15, -0.1) is 0 Å². The minimum Gasteiger partial charge on any atom is -0.0956 e. The second-order valence-corrected chi connectivity index (χ2v) is 11.3. The van der Waals surface area contributed by atoms with Crippen molar-refractivity contribution in [3.8, 4) is 0 Å². The summed E-state index contributed by atoms with van der Waals surface area (Å²) < 4.78 is 0. The van der Waals surface area contributed by atoms with E-state index in [9.17, 15) is 0 Å². The Morgan fingerprint density at radius 3 is 1.21 bits per heavy atom. The molecule has 136 valence electrons. The van der Waals surface area contributed by atoms with Gasteiger partial charge in [0.15, 0.2) is 29.1 Å². The van der Waals surface area contributed by atoms with Crippen molar-refractivity contribution < 1.29 is 0 Å². The Hall–Kier alpha value is -1.43. The molecule has 0 nitrogen and oxygen atoms in total. The molecule has 4 aliphatic heterocycles. The molecule has 0 atom stereocenters. The van der Waals surface area contributed by atoms with Crippen LogP contribution in [0.1, 0.15) is 41.5 Å². The lowest BCUT2D eigenvalue weighted by Gasteiger charge is -2.21. The van der Waals surface area contributed by atoms with Crippen molar-refractivity contribution in [2.24, 2.45) is 10.8 Å². The maximum Gasteiger partial charge on any atom is 0.190 e.